The van der Waals surface area contributed by atoms with Crippen LogP contribution in [0.1, 0.15) is 18.4 Å². The van der Waals surface area contributed by atoms with Gasteiger partial charge in [0, 0.05) is 24.7 Å². The summed E-state index contributed by atoms with van der Waals surface area (Å²) in [6.07, 6.45) is 4.09. The molecule has 110 valence electrons. The fraction of sp³-hybridized carbons (Fsp3) is 0.625. The predicted molar refractivity (Wildman–Crippen MR) is 80.3 cm³/mol. The molecule has 3 rings (SSSR count). The van der Waals surface area contributed by atoms with E-state index in [4.69, 9.17) is 21.1 Å². The summed E-state index contributed by atoms with van der Waals surface area (Å²) in [5.41, 5.74) is 1.31. The van der Waals surface area contributed by atoms with Gasteiger partial charge in [-0.2, -0.15) is 0 Å². The molecular formula is C16H22ClNO2. The van der Waals surface area contributed by atoms with Crippen LogP contribution in [0.4, 0.5) is 0 Å². The SMILES string of the molecule is Clc1ccc(C[C@@H]2CC[C@H](CN3CCOCC3)O2)cc1. The van der Waals surface area contributed by atoms with E-state index in [9.17, 15) is 0 Å². The Morgan fingerprint density at radius 1 is 1.05 bits per heavy atom. The van der Waals surface area contributed by atoms with Gasteiger partial charge < -0.3 is 9.47 Å². The van der Waals surface area contributed by atoms with Crippen LogP contribution in [0, 0.1) is 0 Å². The lowest BCUT2D eigenvalue weighted by atomic mass is 10.1. The van der Waals surface area contributed by atoms with Crippen LogP contribution in [0.5, 0.6) is 0 Å². The third-order valence-electron chi connectivity index (χ3n) is 4.14. The van der Waals surface area contributed by atoms with Gasteiger partial charge >= 0.3 is 0 Å². The highest BCUT2D eigenvalue weighted by Crippen LogP contribution is 2.24. The summed E-state index contributed by atoms with van der Waals surface area (Å²) in [5, 5.41) is 0.797. The second kappa shape index (κ2) is 6.90. The van der Waals surface area contributed by atoms with Gasteiger partial charge in [0.15, 0.2) is 0 Å². The third-order valence-corrected chi connectivity index (χ3v) is 4.39. The Labute approximate surface area is 125 Å². The second-order valence-electron chi connectivity index (χ2n) is 5.70. The molecular weight excluding hydrogens is 274 g/mol. The number of halogens is 1. The number of rotatable bonds is 4. The molecule has 0 bridgehead atoms. The highest BCUT2D eigenvalue weighted by atomic mass is 35.5. The van der Waals surface area contributed by atoms with Gasteiger partial charge in [-0.3, -0.25) is 4.90 Å². The Hall–Kier alpha value is -0.610. The van der Waals surface area contributed by atoms with E-state index >= 15 is 0 Å². The van der Waals surface area contributed by atoms with E-state index in [-0.39, 0.29) is 0 Å². The number of benzene rings is 1. The Bertz CT molecular complexity index is 417. The molecule has 2 atom stereocenters. The van der Waals surface area contributed by atoms with Crippen molar-refractivity contribution in [2.75, 3.05) is 32.8 Å². The van der Waals surface area contributed by atoms with Crippen molar-refractivity contribution >= 4 is 11.6 Å². The van der Waals surface area contributed by atoms with Gasteiger partial charge in [-0.25, -0.2) is 0 Å². The molecule has 2 saturated heterocycles. The lowest BCUT2D eigenvalue weighted by Crippen LogP contribution is -2.41. The van der Waals surface area contributed by atoms with Crippen LogP contribution >= 0.6 is 11.6 Å². The molecule has 2 aliphatic rings. The first-order valence-corrected chi connectivity index (χ1v) is 7.87. The van der Waals surface area contributed by atoms with Crippen LogP contribution < -0.4 is 0 Å². The highest BCUT2D eigenvalue weighted by molar-refractivity contribution is 6.30. The van der Waals surface area contributed by atoms with E-state index < -0.39 is 0 Å². The topological polar surface area (TPSA) is 21.7 Å². The van der Waals surface area contributed by atoms with Gasteiger partial charge in [-0.1, -0.05) is 23.7 Å². The van der Waals surface area contributed by atoms with Crippen molar-refractivity contribution in [1.29, 1.82) is 0 Å². The Morgan fingerprint density at radius 3 is 2.50 bits per heavy atom. The van der Waals surface area contributed by atoms with Crippen LogP contribution in [0.15, 0.2) is 24.3 Å². The summed E-state index contributed by atoms with van der Waals surface area (Å²) in [7, 11) is 0. The average Bonchev–Trinajstić information content (AvgIpc) is 2.90. The van der Waals surface area contributed by atoms with E-state index in [2.05, 4.69) is 17.0 Å². The standard InChI is InChI=1S/C16H22ClNO2/c17-14-3-1-13(2-4-14)11-15-5-6-16(20-15)12-18-7-9-19-10-8-18/h1-4,15-16H,5-12H2/t15-,16+/m0/s1. The smallest absolute Gasteiger partial charge is 0.0706 e. The molecule has 0 unspecified atom stereocenters. The summed E-state index contributed by atoms with van der Waals surface area (Å²) in [6.45, 7) is 4.87. The number of ether oxygens (including phenoxy) is 2. The molecule has 0 saturated carbocycles. The Morgan fingerprint density at radius 2 is 1.75 bits per heavy atom. The number of hydrogen-bond donors (Lipinski definition) is 0. The minimum Gasteiger partial charge on any atom is -0.379 e. The molecule has 4 heteroatoms. The molecule has 0 amide bonds. The monoisotopic (exact) mass is 295 g/mol. The molecule has 1 aromatic carbocycles. The van der Waals surface area contributed by atoms with Gasteiger partial charge in [0.1, 0.15) is 0 Å². The molecule has 2 aliphatic heterocycles. The predicted octanol–water partition coefficient (Wildman–Crippen LogP) is 2.76. The minimum absolute atomic E-state index is 0.363. The van der Waals surface area contributed by atoms with Crippen LogP contribution in [0.3, 0.4) is 0 Å². The first-order chi connectivity index (χ1) is 9.79. The third kappa shape index (κ3) is 3.95. The van der Waals surface area contributed by atoms with Crippen molar-refractivity contribution in [2.45, 2.75) is 31.5 Å². The molecule has 1 aromatic rings. The van der Waals surface area contributed by atoms with Crippen molar-refractivity contribution in [3.8, 4) is 0 Å². The highest BCUT2D eigenvalue weighted by Gasteiger charge is 2.27. The lowest BCUT2D eigenvalue weighted by molar-refractivity contribution is -0.0108. The summed E-state index contributed by atoms with van der Waals surface area (Å²) >= 11 is 5.91. The van der Waals surface area contributed by atoms with Crippen molar-refractivity contribution < 1.29 is 9.47 Å². The zero-order valence-electron chi connectivity index (χ0n) is 11.8. The van der Waals surface area contributed by atoms with E-state index in [1.54, 1.807) is 0 Å². The maximum absolute atomic E-state index is 6.18. The average molecular weight is 296 g/mol. The molecule has 0 radical (unpaired) electrons. The zero-order chi connectivity index (χ0) is 13.8. The fourth-order valence-corrected chi connectivity index (χ4v) is 3.15. The summed E-state index contributed by atoms with van der Waals surface area (Å²) in [5.74, 6) is 0. The molecule has 0 aliphatic carbocycles. The summed E-state index contributed by atoms with van der Waals surface area (Å²) < 4.78 is 11.6. The number of hydrogen-bond acceptors (Lipinski definition) is 3. The van der Waals surface area contributed by atoms with E-state index in [1.807, 2.05) is 12.1 Å². The summed E-state index contributed by atoms with van der Waals surface area (Å²) in [6, 6.07) is 8.11. The van der Waals surface area contributed by atoms with Crippen molar-refractivity contribution in [3.05, 3.63) is 34.9 Å². The largest absolute Gasteiger partial charge is 0.379 e. The molecule has 2 fully saturated rings. The molecule has 3 nitrogen and oxygen atoms in total. The maximum atomic E-state index is 6.18. The van der Waals surface area contributed by atoms with Crippen molar-refractivity contribution in [2.24, 2.45) is 0 Å². The van der Waals surface area contributed by atoms with Crippen LogP contribution in [-0.4, -0.2) is 50.0 Å². The quantitative estimate of drug-likeness (QED) is 0.852. The first-order valence-electron chi connectivity index (χ1n) is 7.49. The van der Waals surface area contributed by atoms with E-state index in [0.29, 0.717) is 12.2 Å². The van der Waals surface area contributed by atoms with Gasteiger partial charge in [0.2, 0.25) is 0 Å². The molecule has 0 aromatic heterocycles. The van der Waals surface area contributed by atoms with Crippen molar-refractivity contribution in [1.82, 2.24) is 4.90 Å². The van der Waals surface area contributed by atoms with E-state index in [0.717, 1.165) is 50.7 Å². The Balaban J connectivity index is 1.45. The van der Waals surface area contributed by atoms with E-state index in [1.165, 1.54) is 12.0 Å². The van der Waals surface area contributed by atoms with Crippen LogP contribution in [-0.2, 0) is 15.9 Å². The first kappa shape index (κ1) is 14.3. The molecule has 0 N–H and O–H groups in total. The molecule has 2 heterocycles. The minimum atomic E-state index is 0.363. The maximum Gasteiger partial charge on any atom is 0.0706 e. The number of nitrogens with zero attached hydrogens (tertiary/aromatic N) is 1. The number of morpholine rings is 1. The fourth-order valence-electron chi connectivity index (χ4n) is 3.02. The van der Waals surface area contributed by atoms with Crippen molar-refractivity contribution in [3.63, 3.8) is 0 Å². The second-order valence-corrected chi connectivity index (χ2v) is 6.14. The summed E-state index contributed by atoms with van der Waals surface area (Å²) in [4.78, 5) is 2.46. The molecule has 0 spiro atoms. The van der Waals surface area contributed by atoms with Gasteiger partial charge in [0.25, 0.3) is 0 Å². The normalized spacial score (nSPS) is 27.9. The lowest BCUT2D eigenvalue weighted by Gasteiger charge is -2.28. The van der Waals surface area contributed by atoms with Crippen LogP contribution in [0.2, 0.25) is 5.02 Å². The van der Waals surface area contributed by atoms with Gasteiger partial charge in [0.05, 0.1) is 25.4 Å². The Kier molecular flexibility index (Phi) is 4.94. The van der Waals surface area contributed by atoms with Crippen LogP contribution in [0.25, 0.3) is 0 Å². The van der Waals surface area contributed by atoms with Gasteiger partial charge in [-0.15, -0.1) is 0 Å². The molecule has 20 heavy (non-hydrogen) atoms. The zero-order valence-corrected chi connectivity index (χ0v) is 12.5. The van der Waals surface area contributed by atoms with Gasteiger partial charge in [-0.05, 0) is 37.0 Å².